The lowest BCUT2D eigenvalue weighted by molar-refractivity contribution is 0.284. The Labute approximate surface area is 59.7 Å². The van der Waals surface area contributed by atoms with Crippen LogP contribution in [-0.4, -0.2) is 10.1 Å². The van der Waals surface area contributed by atoms with Gasteiger partial charge in [0.1, 0.15) is 5.76 Å². The Balaban J connectivity index is 2.96. The lowest BCUT2D eigenvalue weighted by atomic mass is 9.94. The minimum absolute atomic E-state index is 0.0754. The molecule has 10 heavy (non-hydrogen) atoms. The molecular formula is C7H11NO2. The molecular weight excluding hydrogens is 130 g/mol. The van der Waals surface area contributed by atoms with Gasteiger partial charge in [-0.3, -0.25) is 0 Å². The molecule has 0 saturated heterocycles. The fraction of sp³-hybridized carbons (Fsp3) is 0.571. The molecule has 0 atom stereocenters. The third-order valence-electron chi connectivity index (χ3n) is 1.23. The summed E-state index contributed by atoms with van der Waals surface area (Å²) in [5.41, 5.74) is -0.0754. The van der Waals surface area contributed by atoms with Crippen molar-refractivity contribution < 1.29 is 9.52 Å². The van der Waals surface area contributed by atoms with Crippen LogP contribution < -0.4 is 0 Å². The standard InChI is InChI=1S/C7H11NO2/c1-7(2,3)5-4-8-6(9)10-5/h4H,1-3H3,(H,8,9). The third kappa shape index (κ3) is 1.29. The van der Waals surface area contributed by atoms with Gasteiger partial charge in [0, 0.05) is 5.41 Å². The molecule has 1 N–H and O–H groups in total. The van der Waals surface area contributed by atoms with Crippen molar-refractivity contribution in [2.45, 2.75) is 26.2 Å². The zero-order chi connectivity index (χ0) is 7.78. The molecule has 1 aromatic heterocycles. The molecule has 0 amide bonds. The number of hydrogen-bond donors (Lipinski definition) is 1. The van der Waals surface area contributed by atoms with Crippen molar-refractivity contribution in [2.24, 2.45) is 0 Å². The molecule has 1 rings (SSSR count). The molecule has 0 radical (unpaired) electrons. The highest BCUT2D eigenvalue weighted by atomic mass is 16.5. The molecule has 0 saturated carbocycles. The topological polar surface area (TPSA) is 46.3 Å². The molecule has 0 fully saturated rings. The Bertz CT molecular complexity index is 222. The molecule has 0 bridgehead atoms. The van der Waals surface area contributed by atoms with E-state index in [0.29, 0.717) is 5.76 Å². The van der Waals surface area contributed by atoms with Crippen LogP contribution in [0.1, 0.15) is 26.5 Å². The molecule has 0 aromatic carbocycles. The molecule has 3 heteroatoms. The summed E-state index contributed by atoms with van der Waals surface area (Å²) in [6.45, 7) is 5.98. The van der Waals surface area contributed by atoms with Gasteiger partial charge in [0.05, 0.1) is 6.20 Å². The lowest BCUT2D eigenvalue weighted by Crippen LogP contribution is -2.08. The van der Waals surface area contributed by atoms with Crippen molar-refractivity contribution in [3.63, 3.8) is 0 Å². The largest absolute Gasteiger partial charge is 0.466 e. The monoisotopic (exact) mass is 141 g/mol. The van der Waals surface area contributed by atoms with Crippen molar-refractivity contribution in [1.82, 2.24) is 4.98 Å². The van der Waals surface area contributed by atoms with Crippen LogP contribution in [0.25, 0.3) is 0 Å². The maximum absolute atomic E-state index is 8.74. The summed E-state index contributed by atoms with van der Waals surface area (Å²) in [5.74, 6) is 0.699. The molecule has 0 aliphatic carbocycles. The summed E-state index contributed by atoms with van der Waals surface area (Å²) in [7, 11) is 0. The minimum Gasteiger partial charge on any atom is -0.466 e. The highest BCUT2D eigenvalue weighted by Crippen LogP contribution is 2.24. The van der Waals surface area contributed by atoms with Gasteiger partial charge in [-0.1, -0.05) is 20.8 Å². The van der Waals surface area contributed by atoms with E-state index in [4.69, 9.17) is 9.52 Å². The van der Waals surface area contributed by atoms with Crippen LogP contribution in [0, 0.1) is 0 Å². The van der Waals surface area contributed by atoms with Gasteiger partial charge in [-0.15, -0.1) is 0 Å². The quantitative estimate of drug-likeness (QED) is 0.597. The maximum Gasteiger partial charge on any atom is 0.391 e. The lowest BCUT2D eigenvalue weighted by Gasteiger charge is -2.12. The van der Waals surface area contributed by atoms with E-state index in [0.717, 1.165) is 0 Å². The SMILES string of the molecule is CC(C)(C)c1cnc(O)o1. The van der Waals surface area contributed by atoms with Gasteiger partial charge in [0.2, 0.25) is 0 Å². The number of aromatic hydroxyl groups is 1. The number of hydrogen-bond acceptors (Lipinski definition) is 3. The van der Waals surface area contributed by atoms with Gasteiger partial charge in [0.15, 0.2) is 0 Å². The zero-order valence-electron chi connectivity index (χ0n) is 6.38. The van der Waals surface area contributed by atoms with E-state index in [9.17, 15) is 0 Å². The van der Waals surface area contributed by atoms with Gasteiger partial charge in [-0.05, 0) is 0 Å². The molecule has 0 aliphatic heterocycles. The molecule has 1 aromatic rings. The summed E-state index contributed by atoms with van der Waals surface area (Å²) in [5, 5.41) is 8.74. The number of nitrogens with zero attached hydrogens (tertiary/aromatic N) is 1. The first kappa shape index (κ1) is 7.12. The van der Waals surface area contributed by atoms with Gasteiger partial charge in [-0.25, -0.2) is 0 Å². The number of aromatic nitrogens is 1. The highest BCUT2D eigenvalue weighted by Gasteiger charge is 2.18. The Hall–Kier alpha value is -0.990. The van der Waals surface area contributed by atoms with E-state index >= 15 is 0 Å². The van der Waals surface area contributed by atoms with Crippen molar-refractivity contribution in [3.05, 3.63) is 12.0 Å². The van der Waals surface area contributed by atoms with Crippen LogP contribution in [-0.2, 0) is 5.41 Å². The minimum atomic E-state index is -0.259. The summed E-state index contributed by atoms with van der Waals surface area (Å²) in [6.07, 6.45) is 1.28. The van der Waals surface area contributed by atoms with E-state index < -0.39 is 0 Å². The molecule has 1 heterocycles. The van der Waals surface area contributed by atoms with Crippen molar-refractivity contribution in [1.29, 1.82) is 0 Å². The normalized spacial score (nSPS) is 11.9. The predicted octanol–water partition coefficient (Wildman–Crippen LogP) is 1.68. The summed E-state index contributed by atoms with van der Waals surface area (Å²) in [6, 6.07) is 0. The maximum atomic E-state index is 8.74. The average molecular weight is 141 g/mol. The van der Waals surface area contributed by atoms with Crippen molar-refractivity contribution in [3.8, 4) is 6.08 Å². The first-order valence-corrected chi connectivity index (χ1v) is 3.15. The van der Waals surface area contributed by atoms with Gasteiger partial charge in [0.25, 0.3) is 0 Å². The molecule has 56 valence electrons. The zero-order valence-corrected chi connectivity index (χ0v) is 6.38. The Morgan fingerprint density at radius 3 is 2.30 bits per heavy atom. The second-order valence-electron chi connectivity index (χ2n) is 3.26. The second-order valence-corrected chi connectivity index (χ2v) is 3.26. The van der Waals surface area contributed by atoms with E-state index in [2.05, 4.69) is 4.98 Å². The first-order chi connectivity index (χ1) is 4.50. The van der Waals surface area contributed by atoms with E-state index in [1.807, 2.05) is 20.8 Å². The molecule has 0 unspecified atom stereocenters. The Kier molecular flexibility index (Phi) is 1.43. The Morgan fingerprint density at radius 2 is 2.10 bits per heavy atom. The van der Waals surface area contributed by atoms with Crippen LogP contribution >= 0.6 is 0 Å². The van der Waals surface area contributed by atoms with Crippen molar-refractivity contribution in [2.75, 3.05) is 0 Å². The first-order valence-electron chi connectivity index (χ1n) is 3.15. The van der Waals surface area contributed by atoms with Crippen LogP contribution in [0.3, 0.4) is 0 Å². The van der Waals surface area contributed by atoms with Crippen LogP contribution in [0.15, 0.2) is 10.6 Å². The molecule has 0 spiro atoms. The summed E-state index contributed by atoms with van der Waals surface area (Å²) in [4.78, 5) is 3.57. The van der Waals surface area contributed by atoms with E-state index in [-0.39, 0.29) is 11.5 Å². The fourth-order valence-corrected chi connectivity index (χ4v) is 0.612. The van der Waals surface area contributed by atoms with Gasteiger partial charge >= 0.3 is 6.08 Å². The molecule has 3 nitrogen and oxygen atoms in total. The van der Waals surface area contributed by atoms with E-state index in [1.54, 1.807) is 0 Å². The fourth-order valence-electron chi connectivity index (χ4n) is 0.612. The highest BCUT2D eigenvalue weighted by molar-refractivity contribution is 5.06. The smallest absolute Gasteiger partial charge is 0.391 e. The third-order valence-corrected chi connectivity index (χ3v) is 1.23. The Morgan fingerprint density at radius 1 is 1.50 bits per heavy atom. The van der Waals surface area contributed by atoms with Gasteiger partial charge < -0.3 is 9.52 Å². The summed E-state index contributed by atoms with van der Waals surface area (Å²) < 4.78 is 4.89. The second kappa shape index (κ2) is 2.01. The van der Waals surface area contributed by atoms with Crippen LogP contribution in [0.5, 0.6) is 6.08 Å². The number of oxazole rings is 1. The summed E-state index contributed by atoms with van der Waals surface area (Å²) >= 11 is 0. The average Bonchev–Trinajstić information content (AvgIpc) is 2.11. The molecule has 0 aliphatic rings. The predicted molar refractivity (Wildman–Crippen MR) is 36.9 cm³/mol. The number of rotatable bonds is 0. The van der Waals surface area contributed by atoms with E-state index in [1.165, 1.54) is 6.20 Å². The van der Waals surface area contributed by atoms with Crippen molar-refractivity contribution >= 4 is 0 Å². The van der Waals surface area contributed by atoms with Gasteiger partial charge in [-0.2, -0.15) is 4.98 Å². The van der Waals surface area contributed by atoms with Crippen LogP contribution in [0.2, 0.25) is 0 Å². The van der Waals surface area contributed by atoms with Crippen LogP contribution in [0.4, 0.5) is 0 Å².